The highest BCUT2D eigenvalue weighted by molar-refractivity contribution is 6.31. The van der Waals surface area contributed by atoms with Crippen LogP contribution in [0, 0.1) is 0 Å². The molecule has 0 saturated heterocycles. The lowest BCUT2D eigenvalue weighted by Crippen LogP contribution is -1.96. The molecule has 0 saturated carbocycles. The summed E-state index contributed by atoms with van der Waals surface area (Å²) in [6.45, 7) is 18.9. The first-order valence-electron chi connectivity index (χ1n) is 11.7. The van der Waals surface area contributed by atoms with Crippen molar-refractivity contribution in [2.24, 2.45) is 0 Å². The van der Waals surface area contributed by atoms with E-state index in [0.29, 0.717) is 0 Å². The maximum Gasteiger partial charge on any atom is -0.00199 e. The molecule has 0 atom stereocenters. The third-order valence-corrected chi connectivity index (χ3v) is 6.78. The summed E-state index contributed by atoms with van der Waals surface area (Å²) in [6, 6.07) is 19.9. The molecular formula is C33H28. The molecule has 0 unspecified atom stereocenters. The van der Waals surface area contributed by atoms with E-state index in [1.807, 2.05) is 26.0 Å². The standard InChI is InChI=1S/C31H22.C2H6/c1-5-11-22-19(6-2)28-16-26-20(7-3)30-18(4)21-12-8-9-13-23(21)29(30)17-27(26)25-15-10-14-24(22)31(25)28;1-2/h5-17H,2-4H2,1H3;1-2H3/b11-5-;. The van der Waals surface area contributed by atoms with E-state index in [4.69, 9.17) is 0 Å². The molecule has 0 aromatic heterocycles. The molecule has 0 aliphatic rings. The maximum absolute atomic E-state index is 4.45. The van der Waals surface area contributed by atoms with Gasteiger partial charge < -0.3 is 0 Å². The third-order valence-electron chi connectivity index (χ3n) is 6.78. The van der Waals surface area contributed by atoms with Gasteiger partial charge in [-0.05, 0) is 94.8 Å². The van der Waals surface area contributed by atoms with Gasteiger partial charge in [-0.25, -0.2) is 0 Å². The zero-order valence-corrected chi connectivity index (χ0v) is 19.6. The van der Waals surface area contributed by atoms with Gasteiger partial charge >= 0.3 is 0 Å². The minimum Gasteiger partial charge on any atom is -0.0984 e. The first-order valence-corrected chi connectivity index (χ1v) is 11.7. The molecule has 0 bridgehead atoms. The molecule has 0 nitrogen and oxygen atoms in total. The highest BCUT2D eigenvalue weighted by atomic mass is 14.2. The highest BCUT2D eigenvalue weighted by Gasteiger charge is 2.19. The van der Waals surface area contributed by atoms with E-state index in [0.717, 1.165) is 5.22 Å². The Morgan fingerprint density at radius 3 is 1.91 bits per heavy atom. The van der Waals surface area contributed by atoms with E-state index < -0.39 is 0 Å². The lowest BCUT2D eigenvalue weighted by atomic mass is 9.92. The van der Waals surface area contributed by atoms with Crippen LogP contribution >= 0.6 is 0 Å². The van der Waals surface area contributed by atoms with Crippen LogP contribution < -0.4 is 5.22 Å². The van der Waals surface area contributed by atoms with E-state index in [2.05, 4.69) is 93.4 Å². The van der Waals surface area contributed by atoms with Crippen molar-refractivity contribution >= 4 is 78.7 Å². The smallest absolute Gasteiger partial charge is 0.00199 e. The first kappa shape index (κ1) is 21.0. The summed E-state index contributed by atoms with van der Waals surface area (Å²) in [7, 11) is 0. The second-order valence-electron chi connectivity index (χ2n) is 8.22. The minimum atomic E-state index is 1.08. The number of allylic oxidation sites excluding steroid dienone is 1. The maximum atomic E-state index is 4.45. The van der Waals surface area contributed by atoms with Crippen LogP contribution in [0.5, 0.6) is 0 Å². The van der Waals surface area contributed by atoms with Crippen molar-refractivity contribution in [1.29, 1.82) is 0 Å². The Morgan fingerprint density at radius 1 is 0.576 bits per heavy atom. The quantitative estimate of drug-likeness (QED) is 0.248. The van der Waals surface area contributed by atoms with E-state index >= 15 is 0 Å². The Labute approximate surface area is 195 Å². The molecule has 0 heterocycles. The van der Waals surface area contributed by atoms with Gasteiger partial charge in [-0.2, -0.15) is 0 Å². The summed E-state index contributed by atoms with van der Waals surface area (Å²) in [6.07, 6.45) is 8.29. The molecular weight excluding hydrogens is 396 g/mol. The molecule has 0 radical (unpaired) electrons. The molecule has 160 valence electrons. The number of rotatable bonds is 3. The zero-order chi connectivity index (χ0) is 23.3. The van der Waals surface area contributed by atoms with Crippen LogP contribution in [0.2, 0.25) is 0 Å². The second kappa shape index (κ2) is 7.90. The number of benzene rings is 4. The molecule has 0 aliphatic carbocycles. The van der Waals surface area contributed by atoms with Crippen LogP contribution in [0.4, 0.5) is 0 Å². The average molecular weight is 425 g/mol. The van der Waals surface area contributed by atoms with Gasteiger partial charge in [0.15, 0.2) is 0 Å². The number of hydrogen-bond donors (Lipinski definition) is 0. The van der Waals surface area contributed by atoms with Gasteiger partial charge in [0.2, 0.25) is 0 Å². The van der Waals surface area contributed by atoms with Gasteiger partial charge in [-0.3, -0.25) is 0 Å². The van der Waals surface area contributed by atoms with Crippen molar-refractivity contribution in [3.05, 3.63) is 95.7 Å². The Morgan fingerprint density at radius 2 is 1.21 bits per heavy atom. The summed E-state index contributed by atoms with van der Waals surface area (Å²) >= 11 is 0. The van der Waals surface area contributed by atoms with Crippen LogP contribution in [0.1, 0.15) is 37.5 Å². The summed E-state index contributed by atoms with van der Waals surface area (Å²) in [5.41, 5.74) is 3.61. The fourth-order valence-electron chi connectivity index (χ4n) is 5.54. The monoisotopic (exact) mass is 424 g/mol. The Hall–Kier alpha value is -3.90. The van der Waals surface area contributed by atoms with Crippen LogP contribution in [0.15, 0.2) is 73.8 Å². The molecule has 0 aliphatic heterocycles. The largest absolute Gasteiger partial charge is 0.0984 e. The zero-order valence-electron chi connectivity index (χ0n) is 19.6. The summed E-state index contributed by atoms with van der Waals surface area (Å²) in [4.78, 5) is 0. The van der Waals surface area contributed by atoms with E-state index in [-0.39, 0.29) is 0 Å². The Kier molecular flexibility index (Phi) is 5.02. The number of fused-ring (bicyclic) bond motifs is 5. The van der Waals surface area contributed by atoms with Gasteiger partial charge in [0.05, 0.1) is 0 Å². The van der Waals surface area contributed by atoms with Gasteiger partial charge in [0.25, 0.3) is 0 Å². The first-order chi connectivity index (χ1) is 16.2. The summed E-state index contributed by atoms with van der Waals surface area (Å²) in [5, 5.41) is 13.7. The molecule has 6 aromatic rings. The number of hydrogen-bond acceptors (Lipinski definition) is 0. The van der Waals surface area contributed by atoms with Gasteiger partial charge in [-0.15, -0.1) is 0 Å². The summed E-state index contributed by atoms with van der Waals surface area (Å²) in [5.74, 6) is 0. The van der Waals surface area contributed by atoms with E-state index in [1.54, 1.807) is 0 Å². The van der Waals surface area contributed by atoms with Gasteiger partial charge in [0.1, 0.15) is 0 Å². The van der Waals surface area contributed by atoms with E-state index in [1.165, 1.54) is 70.6 Å². The van der Waals surface area contributed by atoms with Crippen LogP contribution in [0.3, 0.4) is 0 Å². The van der Waals surface area contributed by atoms with Crippen molar-refractivity contribution in [3.8, 4) is 0 Å². The molecule has 0 heteroatoms. The van der Waals surface area contributed by atoms with E-state index in [9.17, 15) is 0 Å². The Bertz CT molecular complexity index is 1780. The SMILES string of the molecule is C=Cc1c(/C=C\C)c2cccc3c4cc5c(c(C=C)c4cc1c23)c(=C)c1ccccc15.CC. The third kappa shape index (κ3) is 2.71. The fourth-order valence-corrected chi connectivity index (χ4v) is 5.54. The lowest BCUT2D eigenvalue weighted by Gasteiger charge is -2.11. The molecule has 33 heavy (non-hydrogen) atoms. The van der Waals surface area contributed by atoms with Gasteiger partial charge in [0, 0.05) is 0 Å². The van der Waals surface area contributed by atoms with Crippen LogP contribution in [0.25, 0.3) is 78.7 Å². The average Bonchev–Trinajstić information content (AvgIpc) is 3.32. The van der Waals surface area contributed by atoms with Crippen molar-refractivity contribution in [1.82, 2.24) is 0 Å². The molecule has 0 amide bonds. The molecule has 0 fully saturated rings. The van der Waals surface area contributed by atoms with Crippen molar-refractivity contribution in [2.45, 2.75) is 20.8 Å². The van der Waals surface area contributed by atoms with Crippen molar-refractivity contribution in [3.63, 3.8) is 0 Å². The molecule has 0 spiro atoms. The van der Waals surface area contributed by atoms with Crippen molar-refractivity contribution < 1.29 is 0 Å². The van der Waals surface area contributed by atoms with Crippen LogP contribution in [-0.2, 0) is 0 Å². The molecule has 0 N–H and O–H groups in total. The highest BCUT2D eigenvalue weighted by Crippen LogP contribution is 2.44. The minimum absolute atomic E-state index is 1.08. The topological polar surface area (TPSA) is 0 Å². The molecule has 6 aromatic carbocycles. The van der Waals surface area contributed by atoms with Crippen molar-refractivity contribution in [2.75, 3.05) is 0 Å². The van der Waals surface area contributed by atoms with Gasteiger partial charge in [-0.1, -0.05) is 100 Å². The molecule has 6 rings (SSSR count). The summed E-state index contributed by atoms with van der Waals surface area (Å²) < 4.78 is 0. The van der Waals surface area contributed by atoms with Crippen LogP contribution in [-0.4, -0.2) is 0 Å². The predicted molar refractivity (Wildman–Crippen MR) is 152 cm³/mol. The normalized spacial score (nSPS) is 11.7. The Balaban J connectivity index is 0.00000111. The predicted octanol–water partition coefficient (Wildman–Crippen LogP) is 9.36. The second-order valence-corrected chi connectivity index (χ2v) is 8.22. The lowest BCUT2D eigenvalue weighted by molar-refractivity contribution is 1.50. The fraction of sp³-hybridized carbons (Fsp3) is 0.0909.